The van der Waals surface area contributed by atoms with Crippen molar-refractivity contribution in [3.05, 3.63) is 64.8 Å². The number of nitrogens with zero attached hydrogens (tertiary/aromatic N) is 1. The van der Waals surface area contributed by atoms with Crippen molar-refractivity contribution in [2.75, 3.05) is 0 Å². The van der Waals surface area contributed by atoms with Gasteiger partial charge in [-0.15, -0.1) is 0 Å². The topological polar surface area (TPSA) is 49.7 Å². The highest BCUT2D eigenvalue weighted by atomic mass is 16.4. The summed E-state index contributed by atoms with van der Waals surface area (Å²) in [6.07, 6.45) is 11.1. The van der Waals surface area contributed by atoms with Crippen molar-refractivity contribution in [1.29, 1.82) is 0 Å². The Hall–Kier alpha value is -2.42. The van der Waals surface area contributed by atoms with E-state index < -0.39 is 5.97 Å². The summed E-state index contributed by atoms with van der Waals surface area (Å²) >= 11 is 0. The van der Waals surface area contributed by atoms with Crippen LogP contribution in [0.1, 0.15) is 36.8 Å². The number of aliphatic imine (C=N–C) groups is 1. The lowest BCUT2D eigenvalue weighted by Crippen LogP contribution is -2.14. The first-order valence-corrected chi connectivity index (χ1v) is 8.04. The molecule has 3 heteroatoms. The fourth-order valence-corrected chi connectivity index (χ4v) is 3.11. The Labute approximate surface area is 136 Å². The van der Waals surface area contributed by atoms with Crippen molar-refractivity contribution >= 4 is 17.8 Å². The van der Waals surface area contributed by atoms with Crippen molar-refractivity contribution in [2.45, 2.75) is 38.6 Å². The molecular weight excluding hydrogens is 286 g/mol. The van der Waals surface area contributed by atoms with E-state index in [2.05, 4.69) is 54.4 Å². The van der Waals surface area contributed by atoms with E-state index in [0.29, 0.717) is 0 Å². The van der Waals surface area contributed by atoms with Crippen molar-refractivity contribution in [2.24, 2.45) is 4.99 Å². The van der Waals surface area contributed by atoms with Crippen LogP contribution < -0.4 is 0 Å². The number of dihydropyridines is 1. The Bertz CT molecular complexity index is 738. The lowest BCUT2D eigenvalue weighted by Gasteiger charge is -2.19. The van der Waals surface area contributed by atoms with Crippen LogP contribution in [0.4, 0.5) is 0 Å². The van der Waals surface area contributed by atoms with Gasteiger partial charge in [-0.1, -0.05) is 48.1 Å². The highest BCUT2D eigenvalue weighted by molar-refractivity contribution is 5.90. The van der Waals surface area contributed by atoms with Gasteiger partial charge in [-0.05, 0) is 48.5 Å². The lowest BCUT2D eigenvalue weighted by atomic mass is 9.92. The number of benzene rings is 1. The molecule has 1 heterocycles. The summed E-state index contributed by atoms with van der Waals surface area (Å²) in [4.78, 5) is 15.6. The van der Waals surface area contributed by atoms with E-state index in [-0.39, 0.29) is 12.5 Å². The zero-order chi connectivity index (χ0) is 16.2. The van der Waals surface area contributed by atoms with Crippen LogP contribution in [0, 0.1) is 6.92 Å². The van der Waals surface area contributed by atoms with Crippen molar-refractivity contribution in [1.82, 2.24) is 0 Å². The Morgan fingerprint density at radius 3 is 3.04 bits per heavy atom. The SMILES string of the molecule is Cc1cccc(C2=C/C3=C(CC(=O)O)C=NC(CC/C=C\2)C3)c1. The average Bonchev–Trinajstić information content (AvgIpc) is 2.59. The summed E-state index contributed by atoms with van der Waals surface area (Å²) in [7, 11) is 0. The maximum atomic E-state index is 11.1. The number of hydrogen-bond acceptors (Lipinski definition) is 2. The molecular formula is C20H21NO2. The predicted molar refractivity (Wildman–Crippen MR) is 93.7 cm³/mol. The minimum Gasteiger partial charge on any atom is -0.481 e. The number of hydrogen-bond donors (Lipinski definition) is 1. The molecule has 0 amide bonds. The van der Waals surface area contributed by atoms with Gasteiger partial charge in [0.25, 0.3) is 0 Å². The largest absolute Gasteiger partial charge is 0.481 e. The molecule has 3 nitrogen and oxygen atoms in total. The van der Waals surface area contributed by atoms with Gasteiger partial charge in [0.05, 0.1) is 12.5 Å². The van der Waals surface area contributed by atoms with E-state index >= 15 is 0 Å². The molecule has 1 aliphatic heterocycles. The van der Waals surface area contributed by atoms with Crippen LogP contribution in [0.25, 0.3) is 5.57 Å². The molecule has 3 rings (SSSR count). The molecule has 0 saturated heterocycles. The van der Waals surface area contributed by atoms with Crippen molar-refractivity contribution in [3.63, 3.8) is 0 Å². The fourth-order valence-electron chi connectivity index (χ4n) is 3.11. The fraction of sp³-hybridized carbons (Fsp3) is 0.300. The summed E-state index contributed by atoms with van der Waals surface area (Å²) in [5.41, 5.74) is 5.47. The number of aryl methyl sites for hydroxylation is 1. The van der Waals surface area contributed by atoms with Gasteiger partial charge >= 0.3 is 5.97 Å². The van der Waals surface area contributed by atoms with E-state index in [4.69, 9.17) is 5.11 Å². The number of allylic oxidation sites excluding steroid dienone is 4. The smallest absolute Gasteiger partial charge is 0.307 e. The number of carbonyl (C=O) groups is 1. The summed E-state index contributed by atoms with van der Waals surface area (Å²) in [5, 5.41) is 9.13. The quantitative estimate of drug-likeness (QED) is 0.903. The first kappa shape index (κ1) is 15.5. The number of carboxylic acid groups (broad SMARTS) is 1. The van der Waals surface area contributed by atoms with Crippen LogP contribution in [0.5, 0.6) is 0 Å². The number of rotatable bonds is 3. The van der Waals surface area contributed by atoms with Gasteiger partial charge in [-0.2, -0.15) is 0 Å². The highest BCUT2D eigenvalue weighted by Gasteiger charge is 2.19. The third-order valence-corrected chi connectivity index (χ3v) is 4.30. The van der Waals surface area contributed by atoms with Gasteiger partial charge in [0.15, 0.2) is 0 Å². The molecule has 0 saturated carbocycles. The molecule has 23 heavy (non-hydrogen) atoms. The molecule has 1 N–H and O–H groups in total. The molecule has 0 radical (unpaired) electrons. The number of fused-ring (bicyclic) bond motifs is 2. The second kappa shape index (κ2) is 6.78. The van der Waals surface area contributed by atoms with Crippen LogP contribution in [-0.4, -0.2) is 23.3 Å². The van der Waals surface area contributed by atoms with Crippen LogP contribution in [0.15, 0.2) is 58.6 Å². The Morgan fingerprint density at radius 1 is 1.39 bits per heavy atom. The van der Waals surface area contributed by atoms with E-state index in [1.165, 1.54) is 11.1 Å². The van der Waals surface area contributed by atoms with Crippen LogP contribution in [-0.2, 0) is 4.79 Å². The molecule has 0 aromatic heterocycles. The minimum atomic E-state index is -0.807. The van der Waals surface area contributed by atoms with E-state index in [1.54, 1.807) is 6.21 Å². The van der Waals surface area contributed by atoms with Crippen LogP contribution in [0.3, 0.4) is 0 Å². The van der Waals surface area contributed by atoms with E-state index in [0.717, 1.165) is 36.0 Å². The Kier molecular flexibility index (Phi) is 4.56. The number of aliphatic carboxylic acids is 1. The average molecular weight is 307 g/mol. The van der Waals surface area contributed by atoms with Crippen LogP contribution in [0.2, 0.25) is 0 Å². The highest BCUT2D eigenvalue weighted by Crippen LogP contribution is 2.29. The van der Waals surface area contributed by atoms with Crippen LogP contribution >= 0.6 is 0 Å². The third kappa shape index (κ3) is 3.86. The molecule has 0 fully saturated rings. The second-order valence-electron chi connectivity index (χ2n) is 6.21. The normalized spacial score (nSPS) is 24.2. The molecule has 1 aromatic carbocycles. The summed E-state index contributed by atoms with van der Waals surface area (Å²) in [6.45, 7) is 2.08. The maximum absolute atomic E-state index is 11.1. The molecule has 2 aliphatic rings. The second-order valence-corrected chi connectivity index (χ2v) is 6.21. The summed E-state index contributed by atoms with van der Waals surface area (Å²) in [5.74, 6) is -0.807. The van der Waals surface area contributed by atoms with Crippen molar-refractivity contribution in [3.8, 4) is 0 Å². The molecule has 118 valence electrons. The molecule has 1 unspecified atom stereocenters. The predicted octanol–water partition coefficient (Wildman–Crippen LogP) is 4.34. The molecule has 1 aliphatic carbocycles. The van der Waals surface area contributed by atoms with Gasteiger partial charge in [0.2, 0.25) is 0 Å². The monoisotopic (exact) mass is 307 g/mol. The molecule has 2 bridgehead atoms. The Balaban J connectivity index is 2.06. The van der Waals surface area contributed by atoms with Crippen molar-refractivity contribution < 1.29 is 9.90 Å². The van der Waals surface area contributed by atoms with Gasteiger partial charge < -0.3 is 5.11 Å². The standard InChI is InChI=1S/C20H21NO2/c1-14-5-4-7-15(9-14)16-6-2-3-8-19-11-17(10-16)18(13-21-19)12-20(22)23/h2,4-7,9-10,13,19H,3,8,11-12H2,1H3,(H,22,23)/b6-2-,16-10+. The minimum absolute atomic E-state index is 0.0346. The van der Waals surface area contributed by atoms with Gasteiger partial charge in [0, 0.05) is 6.21 Å². The van der Waals surface area contributed by atoms with Gasteiger partial charge in [0.1, 0.15) is 0 Å². The first-order valence-electron chi connectivity index (χ1n) is 8.04. The maximum Gasteiger partial charge on any atom is 0.307 e. The summed E-state index contributed by atoms with van der Waals surface area (Å²) < 4.78 is 0. The molecule has 1 aromatic rings. The number of carboxylic acids is 1. The van der Waals surface area contributed by atoms with Gasteiger partial charge in [-0.25, -0.2) is 0 Å². The molecule has 1 atom stereocenters. The van der Waals surface area contributed by atoms with E-state index in [9.17, 15) is 4.79 Å². The first-order chi connectivity index (χ1) is 11.1. The zero-order valence-corrected chi connectivity index (χ0v) is 13.3. The third-order valence-electron chi connectivity index (χ3n) is 4.30. The molecule has 0 spiro atoms. The van der Waals surface area contributed by atoms with E-state index in [1.807, 2.05) is 0 Å². The van der Waals surface area contributed by atoms with Gasteiger partial charge in [-0.3, -0.25) is 9.79 Å². The lowest BCUT2D eigenvalue weighted by molar-refractivity contribution is -0.136. The zero-order valence-electron chi connectivity index (χ0n) is 13.3. The Morgan fingerprint density at radius 2 is 2.26 bits per heavy atom. The summed E-state index contributed by atoms with van der Waals surface area (Å²) in [6, 6.07) is 8.68.